The molecule has 1 aliphatic carbocycles. The van der Waals surface area contributed by atoms with Gasteiger partial charge in [-0.05, 0) is 25.0 Å². The van der Waals surface area contributed by atoms with Gasteiger partial charge in [0.2, 0.25) is 5.96 Å². The van der Waals surface area contributed by atoms with E-state index in [1.165, 1.54) is 0 Å². The number of fused-ring (bicyclic) bond motifs is 1. The van der Waals surface area contributed by atoms with Gasteiger partial charge < -0.3 is 5.32 Å². The molecular formula is C13H15N5. The Labute approximate surface area is 105 Å². The van der Waals surface area contributed by atoms with Gasteiger partial charge in [-0.3, -0.25) is 10.4 Å². The summed E-state index contributed by atoms with van der Waals surface area (Å²) in [7, 11) is 0. The molecule has 1 aliphatic rings. The molecule has 0 amide bonds. The van der Waals surface area contributed by atoms with E-state index >= 15 is 0 Å². The topological polar surface area (TPSA) is 75.3 Å². The van der Waals surface area contributed by atoms with E-state index in [0.717, 1.165) is 29.4 Å². The van der Waals surface area contributed by atoms with Crippen LogP contribution in [0.1, 0.15) is 12.8 Å². The van der Waals surface area contributed by atoms with Crippen molar-refractivity contribution in [3.63, 3.8) is 0 Å². The first kappa shape index (κ1) is 11.0. The number of nitrogens with zero attached hydrogens (tertiary/aromatic N) is 2. The molecule has 0 saturated heterocycles. The van der Waals surface area contributed by atoms with E-state index < -0.39 is 0 Å². The second-order valence-corrected chi connectivity index (χ2v) is 4.36. The van der Waals surface area contributed by atoms with Crippen LogP contribution in [0.5, 0.6) is 0 Å². The van der Waals surface area contributed by atoms with Gasteiger partial charge in [-0.15, -0.1) is 0 Å². The van der Waals surface area contributed by atoms with Crippen molar-refractivity contribution >= 4 is 22.5 Å². The highest BCUT2D eigenvalue weighted by atomic mass is 15.3. The molecule has 92 valence electrons. The maximum atomic E-state index is 5.48. The molecule has 5 nitrogen and oxygen atoms in total. The number of aromatic nitrogens is 1. The minimum absolute atomic E-state index is 0.409. The Morgan fingerprint density at radius 3 is 2.89 bits per heavy atom. The molecule has 0 radical (unpaired) electrons. The molecule has 0 unspecified atom stereocenters. The highest BCUT2D eigenvalue weighted by Gasteiger charge is 2.21. The van der Waals surface area contributed by atoms with Crippen LogP contribution in [-0.2, 0) is 0 Å². The van der Waals surface area contributed by atoms with Gasteiger partial charge in [0.15, 0.2) is 0 Å². The highest BCUT2D eigenvalue weighted by molar-refractivity contribution is 6.01. The van der Waals surface area contributed by atoms with Gasteiger partial charge in [-0.1, -0.05) is 18.2 Å². The molecule has 0 aliphatic heterocycles. The van der Waals surface area contributed by atoms with Crippen LogP contribution in [-0.4, -0.2) is 17.0 Å². The van der Waals surface area contributed by atoms with E-state index in [2.05, 4.69) is 20.7 Å². The minimum atomic E-state index is 0.409. The minimum Gasteiger partial charge on any atom is -0.323 e. The van der Waals surface area contributed by atoms with Crippen molar-refractivity contribution in [3.05, 3.63) is 36.5 Å². The van der Waals surface area contributed by atoms with Crippen molar-refractivity contribution in [1.29, 1.82) is 0 Å². The van der Waals surface area contributed by atoms with Crippen LogP contribution >= 0.6 is 0 Å². The third kappa shape index (κ3) is 2.26. The normalized spacial score (nSPS) is 15.7. The summed E-state index contributed by atoms with van der Waals surface area (Å²) >= 11 is 0. The molecule has 4 N–H and O–H groups in total. The van der Waals surface area contributed by atoms with Crippen molar-refractivity contribution in [2.24, 2.45) is 10.8 Å². The molecule has 1 saturated carbocycles. The molecular weight excluding hydrogens is 226 g/mol. The zero-order valence-electron chi connectivity index (χ0n) is 9.93. The lowest BCUT2D eigenvalue weighted by Gasteiger charge is -2.10. The zero-order chi connectivity index (χ0) is 12.4. The first-order chi connectivity index (χ1) is 8.86. The fourth-order valence-electron chi connectivity index (χ4n) is 1.82. The lowest BCUT2D eigenvalue weighted by atomic mass is 10.2. The first-order valence-corrected chi connectivity index (χ1v) is 6.02. The predicted octanol–water partition coefficient (Wildman–Crippen LogP) is 1.63. The lowest BCUT2D eigenvalue weighted by molar-refractivity contribution is 0.966. The Morgan fingerprint density at radius 2 is 2.11 bits per heavy atom. The number of hydrogen-bond acceptors (Lipinski definition) is 3. The van der Waals surface area contributed by atoms with E-state index in [9.17, 15) is 0 Å². The first-order valence-electron chi connectivity index (χ1n) is 6.02. The lowest BCUT2D eigenvalue weighted by Crippen LogP contribution is -2.36. The smallest absolute Gasteiger partial charge is 0.210 e. The molecule has 2 aromatic rings. The van der Waals surface area contributed by atoms with Gasteiger partial charge >= 0.3 is 0 Å². The van der Waals surface area contributed by atoms with Gasteiger partial charge in [-0.25, -0.2) is 10.8 Å². The summed E-state index contributed by atoms with van der Waals surface area (Å²) in [4.78, 5) is 8.83. The number of benzene rings is 1. The SMILES string of the molecule is NNC(=NC1CC1)Nc1cccc2cccnc12. The Morgan fingerprint density at radius 1 is 1.28 bits per heavy atom. The third-order valence-corrected chi connectivity index (χ3v) is 2.88. The quantitative estimate of drug-likeness (QED) is 0.323. The summed E-state index contributed by atoms with van der Waals surface area (Å²) in [6.07, 6.45) is 4.06. The number of para-hydroxylation sites is 1. The average Bonchev–Trinajstić information content (AvgIpc) is 3.22. The van der Waals surface area contributed by atoms with E-state index in [1.807, 2.05) is 30.3 Å². The molecule has 0 atom stereocenters. The second kappa shape index (κ2) is 4.62. The number of aliphatic imine (C=N–C) groups is 1. The highest BCUT2D eigenvalue weighted by Crippen LogP contribution is 2.24. The van der Waals surface area contributed by atoms with Crippen LogP contribution < -0.4 is 16.6 Å². The van der Waals surface area contributed by atoms with Crippen LogP contribution in [0.15, 0.2) is 41.5 Å². The summed E-state index contributed by atoms with van der Waals surface area (Å²) < 4.78 is 0. The summed E-state index contributed by atoms with van der Waals surface area (Å²) in [6.45, 7) is 0. The zero-order valence-corrected chi connectivity index (χ0v) is 9.93. The number of pyridine rings is 1. The predicted molar refractivity (Wildman–Crippen MR) is 73.1 cm³/mol. The van der Waals surface area contributed by atoms with E-state index in [-0.39, 0.29) is 0 Å². The number of rotatable bonds is 2. The largest absolute Gasteiger partial charge is 0.323 e. The number of nitrogens with one attached hydrogen (secondary N) is 2. The molecule has 0 bridgehead atoms. The molecule has 1 fully saturated rings. The van der Waals surface area contributed by atoms with Crippen LogP contribution in [0.3, 0.4) is 0 Å². The molecule has 1 aromatic heterocycles. The number of hydrazine groups is 1. The van der Waals surface area contributed by atoms with Crippen molar-refractivity contribution in [3.8, 4) is 0 Å². The Kier molecular flexibility index (Phi) is 2.82. The van der Waals surface area contributed by atoms with E-state index in [4.69, 9.17) is 5.84 Å². The fourth-order valence-corrected chi connectivity index (χ4v) is 1.82. The standard InChI is InChI=1S/C13H15N5/c14-18-13(16-10-6-7-10)17-11-5-1-3-9-4-2-8-15-12(9)11/h1-5,8,10H,6-7,14H2,(H2,16,17,18). The molecule has 0 spiro atoms. The summed E-state index contributed by atoms with van der Waals surface area (Å²) in [6, 6.07) is 10.3. The number of guanidine groups is 1. The van der Waals surface area contributed by atoms with Crippen molar-refractivity contribution in [2.75, 3.05) is 5.32 Å². The van der Waals surface area contributed by atoms with Gasteiger partial charge in [0, 0.05) is 11.6 Å². The van der Waals surface area contributed by atoms with Crippen molar-refractivity contribution in [2.45, 2.75) is 18.9 Å². The Hall–Kier alpha value is -2.14. The Bertz CT molecular complexity index is 583. The molecule has 18 heavy (non-hydrogen) atoms. The van der Waals surface area contributed by atoms with Gasteiger partial charge in [0.1, 0.15) is 0 Å². The third-order valence-electron chi connectivity index (χ3n) is 2.88. The maximum Gasteiger partial charge on any atom is 0.210 e. The fraction of sp³-hybridized carbons (Fsp3) is 0.231. The number of hydrogen-bond donors (Lipinski definition) is 3. The second-order valence-electron chi connectivity index (χ2n) is 4.36. The van der Waals surface area contributed by atoms with Crippen molar-refractivity contribution in [1.82, 2.24) is 10.4 Å². The summed E-state index contributed by atoms with van der Waals surface area (Å²) in [5.74, 6) is 6.07. The van der Waals surface area contributed by atoms with E-state index in [1.54, 1.807) is 6.20 Å². The van der Waals surface area contributed by atoms with Crippen LogP contribution in [0, 0.1) is 0 Å². The number of nitrogens with two attached hydrogens (primary N) is 1. The summed E-state index contributed by atoms with van der Waals surface area (Å²) in [5.41, 5.74) is 4.42. The molecule has 5 heteroatoms. The summed E-state index contributed by atoms with van der Waals surface area (Å²) in [5, 5.41) is 4.28. The monoisotopic (exact) mass is 241 g/mol. The van der Waals surface area contributed by atoms with Crippen LogP contribution in [0.25, 0.3) is 10.9 Å². The van der Waals surface area contributed by atoms with Crippen molar-refractivity contribution < 1.29 is 0 Å². The van der Waals surface area contributed by atoms with Gasteiger partial charge in [0.05, 0.1) is 17.2 Å². The van der Waals surface area contributed by atoms with Crippen LogP contribution in [0.4, 0.5) is 5.69 Å². The van der Waals surface area contributed by atoms with E-state index in [0.29, 0.717) is 12.0 Å². The molecule has 1 aromatic carbocycles. The van der Waals surface area contributed by atoms with Gasteiger partial charge in [0.25, 0.3) is 0 Å². The Balaban J connectivity index is 1.93. The maximum absolute atomic E-state index is 5.48. The molecule has 1 heterocycles. The number of anilines is 1. The average molecular weight is 241 g/mol. The molecule has 3 rings (SSSR count). The van der Waals surface area contributed by atoms with Gasteiger partial charge in [-0.2, -0.15) is 0 Å². The van der Waals surface area contributed by atoms with Crippen LogP contribution in [0.2, 0.25) is 0 Å².